The maximum absolute atomic E-state index is 12.1. The second-order valence-electron chi connectivity index (χ2n) is 4.90. The van der Waals surface area contributed by atoms with Crippen molar-refractivity contribution in [1.82, 2.24) is 5.32 Å². The van der Waals surface area contributed by atoms with Crippen LogP contribution in [0.3, 0.4) is 0 Å². The minimum Gasteiger partial charge on any atom is -0.361 e. The van der Waals surface area contributed by atoms with Gasteiger partial charge < -0.3 is 10.6 Å². The Labute approximate surface area is 106 Å². The van der Waals surface area contributed by atoms with Gasteiger partial charge in [0.05, 0.1) is 12.1 Å². The van der Waals surface area contributed by atoms with E-state index in [0.29, 0.717) is 17.9 Å². The van der Waals surface area contributed by atoms with Crippen LogP contribution in [0.4, 0.5) is 5.69 Å². The van der Waals surface area contributed by atoms with Crippen molar-refractivity contribution in [3.63, 3.8) is 0 Å². The van der Waals surface area contributed by atoms with Crippen molar-refractivity contribution in [3.8, 4) is 0 Å². The van der Waals surface area contributed by atoms with E-state index in [-0.39, 0.29) is 5.91 Å². The summed E-state index contributed by atoms with van der Waals surface area (Å²) in [5.74, 6) is 0.367. The largest absolute Gasteiger partial charge is 0.361 e. The van der Waals surface area contributed by atoms with E-state index in [1.165, 1.54) is 12.8 Å². The van der Waals surface area contributed by atoms with Crippen molar-refractivity contribution in [2.24, 2.45) is 4.99 Å². The van der Waals surface area contributed by atoms with Gasteiger partial charge in [-0.2, -0.15) is 0 Å². The molecule has 0 saturated heterocycles. The summed E-state index contributed by atoms with van der Waals surface area (Å²) in [5.41, 5.74) is 0.807. The molecule has 94 valence electrons. The molecule has 4 nitrogen and oxygen atoms in total. The predicted octanol–water partition coefficient (Wildman–Crippen LogP) is 1.94. The average molecular weight is 243 g/mol. The normalized spacial score (nSPS) is 25.9. The molecule has 1 saturated carbocycles. The Balaban J connectivity index is 1.67. The number of rotatable bonds is 2. The first-order valence-electron chi connectivity index (χ1n) is 6.54. The lowest BCUT2D eigenvalue weighted by Crippen LogP contribution is -2.40. The van der Waals surface area contributed by atoms with E-state index in [1.54, 1.807) is 0 Å². The molecule has 4 heteroatoms. The Morgan fingerprint density at radius 3 is 2.78 bits per heavy atom. The van der Waals surface area contributed by atoms with Crippen molar-refractivity contribution in [2.75, 3.05) is 5.32 Å². The number of hydrogen-bond acceptors (Lipinski definition) is 3. The van der Waals surface area contributed by atoms with Crippen molar-refractivity contribution in [1.29, 1.82) is 0 Å². The first kappa shape index (κ1) is 11.3. The number of anilines is 1. The lowest BCUT2D eigenvalue weighted by Gasteiger charge is -2.23. The number of carbonyl (C=O) groups excluding carboxylic acids is 1. The number of hydrogen-bond donors (Lipinski definition) is 2. The van der Waals surface area contributed by atoms with Gasteiger partial charge >= 0.3 is 0 Å². The van der Waals surface area contributed by atoms with E-state index in [4.69, 9.17) is 0 Å². The molecule has 0 aromatic heterocycles. The zero-order valence-corrected chi connectivity index (χ0v) is 10.2. The number of para-hydroxylation sites is 1. The van der Waals surface area contributed by atoms with Gasteiger partial charge in [0.1, 0.15) is 0 Å². The molecule has 0 radical (unpaired) electrons. The van der Waals surface area contributed by atoms with Crippen LogP contribution in [0, 0.1) is 0 Å². The summed E-state index contributed by atoms with van der Waals surface area (Å²) >= 11 is 0. The number of benzene rings is 1. The molecule has 2 aliphatic rings. The third-order valence-electron chi connectivity index (χ3n) is 3.59. The molecule has 1 fully saturated rings. The number of fused-ring (bicyclic) bond motifs is 1. The van der Waals surface area contributed by atoms with E-state index in [0.717, 1.165) is 18.5 Å². The van der Waals surface area contributed by atoms with Crippen LogP contribution in [0.25, 0.3) is 0 Å². The molecule has 0 spiro atoms. The number of amidine groups is 1. The molecule has 0 bridgehead atoms. The molecule has 1 amide bonds. The van der Waals surface area contributed by atoms with E-state index in [2.05, 4.69) is 15.6 Å². The quantitative estimate of drug-likeness (QED) is 0.834. The molecule has 1 aromatic rings. The van der Waals surface area contributed by atoms with E-state index in [1.807, 2.05) is 30.3 Å². The van der Waals surface area contributed by atoms with Crippen LogP contribution in [0.15, 0.2) is 35.3 Å². The van der Waals surface area contributed by atoms with Crippen LogP contribution in [0.5, 0.6) is 0 Å². The second kappa shape index (κ2) is 4.80. The van der Waals surface area contributed by atoms with Gasteiger partial charge in [-0.1, -0.05) is 31.0 Å². The fourth-order valence-electron chi connectivity index (χ4n) is 2.65. The first-order chi connectivity index (χ1) is 8.83. The molecule has 1 aliphatic heterocycles. The smallest absolute Gasteiger partial charge is 0.290 e. The van der Waals surface area contributed by atoms with Crippen LogP contribution in [-0.4, -0.2) is 23.8 Å². The molecule has 3 rings (SSSR count). The summed E-state index contributed by atoms with van der Waals surface area (Å²) in [5, 5.41) is 6.11. The molecule has 1 heterocycles. The van der Waals surface area contributed by atoms with E-state index in [9.17, 15) is 4.79 Å². The highest BCUT2D eigenvalue weighted by atomic mass is 16.2. The minimum atomic E-state index is -0.129. The standard InChI is InChI=1S/C14H17N3O/c18-14(15-10-6-2-1-3-7-10)13-16-11-8-4-5-9-12(11)17-13/h1-3,6-7,11-12H,4-5,8-9H2,(H,15,18)(H,16,17)/t11-,12+. The van der Waals surface area contributed by atoms with Gasteiger partial charge in [0, 0.05) is 5.69 Å². The van der Waals surface area contributed by atoms with Crippen LogP contribution in [-0.2, 0) is 4.79 Å². The van der Waals surface area contributed by atoms with E-state index < -0.39 is 0 Å². The second-order valence-corrected chi connectivity index (χ2v) is 4.90. The minimum absolute atomic E-state index is 0.129. The van der Waals surface area contributed by atoms with Gasteiger partial charge in [0.15, 0.2) is 5.84 Å². The molecule has 0 unspecified atom stereocenters. The Morgan fingerprint density at radius 2 is 2.00 bits per heavy atom. The number of amides is 1. The lowest BCUT2D eigenvalue weighted by molar-refractivity contribution is -0.110. The fraction of sp³-hybridized carbons (Fsp3) is 0.429. The maximum Gasteiger partial charge on any atom is 0.290 e. The third-order valence-corrected chi connectivity index (χ3v) is 3.59. The topological polar surface area (TPSA) is 53.5 Å². The van der Waals surface area contributed by atoms with Gasteiger partial charge in [0.25, 0.3) is 5.91 Å². The molecular formula is C14H17N3O. The lowest BCUT2D eigenvalue weighted by atomic mass is 9.92. The summed E-state index contributed by atoms with van der Waals surface area (Å²) in [6.07, 6.45) is 4.67. The highest BCUT2D eigenvalue weighted by molar-refractivity contribution is 6.42. The zero-order valence-electron chi connectivity index (χ0n) is 10.2. The molecule has 18 heavy (non-hydrogen) atoms. The van der Waals surface area contributed by atoms with Crippen LogP contribution < -0.4 is 10.6 Å². The van der Waals surface area contributed by atoms with Gasteiger partial charge in [-0.25, -0.2) is 0 Å². The highest BCUT2D eigenvalue weighted by Gasteiger charge is 2.33. The summed E-state index contributed by atoms with van der Waals surface area (Å²) in [7, 11) is 0. The third kappa shape index (κ3) is 2.23. The molecule has 2 atom stereocenters. The highest BCUT2D eigenvalue weighted by Crippen LogP contribution is 2.24. The number of nitrogens with one attached hydrogen (secondary N) is 2. The Morgan fingerprint density at radius 1 is 1.22 bits per heavy atom. The molecule has 1 aromatic carbocycles. The van der Waals surface area contributed by atoms with Crippen molar-refractivity contribution in [3.05, 3.63) is 30.3 Å². The van der Waals surface area contributed by atoms with Crippen LogP contribution in [0.1, 0.15) is 25.7 Å². The number of carbonyl (C=O) groups is 1. The SMILES string of the molecule is O=C(Nc1ccccc1)C1=N[C@@H]2CCCC[C@@H]2N1. The monoisotopic (exact) mass is 243 g/mol. The summed E-state index contributed by atoms with van der Waals surface area (Å²) in [6, 6.07) is 10.2. The fourth-order valence-corrected chi connectivity index (χ4v) is 2.65. The Bertz CT molecular complexity index is 469. The van der Waals surface area contributed by atoms with Crippen molar-refractivity contribution in [2.45, 2.75) is 37.8 Å². The zero-order chi connectivity index (χ0) is 12.4. The number of nitrogens with zero attached hydrogens (tertiary/aromatic N) is 1. The predicted molar refractivity (Wildman–Crippen MR) is 71.7 cm³/mol. The Kier molecular flexibility index (Phi) is 3.00. The van der Waals surface area contributed by atoms with Gasteiger partial charge in [-0.3, -0.25) is 9.79 Å². The number of aliphatic imine (C=N–C) groups is 1. The first-order valence-corrected chi connectivity index (χ1v) is 6.54. The average Bonchev–Trinajstić information content (AvgIpc) is 2.84. The molecule has 2 N–H and O–H groups in total. The van der Waals surface area contributed by atoms with Gasteiger partial charge in [0.2, 0.25) is 0 Å². The summed E-state index contributed by atoms with van der Waals surface area (Å²) in [6.45, 7) is 0. The summed E-state index contributed by atoms with van der Waals surface area (Å²) in [4.78, 5) is 16.6. The van der Waals surface area contributed by atoms with Gasteiger partial charge in [-0.15, -0.1) is 0 Å². The van der Waals surface area contributed by atoms with Crippen molar-refractivity contribution >= 4 is 17.4 Å². The van der Waals surface area contributed by atoms with Crippen molar-refractivity contribution < 1.29 is 4.79 Å². The van der Waals surface area contributed by atoms with Crippen LogP contribution >= 0.6 is 0 Å². The molecule has 1 aliphatic carbocycles. The summed E-state index contributed by atoms with van der Waals surface area (Å²) < 4.78 is 0. The molecular weight excluding hydrogens is 226 g/mol. The Hall–Kier alpha value is -1.84. The van der Waals surface area contributed by atoms with Gasteiger partial charge in [-0.05, 0) is 25.0 Å². The maximum atomic E-state index is 12.1. The van der Waals surface area contributed by atoms with E-state index >= 15 is 0 Å². The van der Waals surface area contributed by atoms with Crippen LogP contribution in [0.2, 0.25) is 0 Å².